The Labute approximate surface area is 104 Å². The van der Waals surface area contributed by atoms with E-state index in [0.29, 0.717) is 11.5 Å². The summed E-state index contributed by atoms with van der Waals surface area (Å²) < 4.78 is 28.4. The monoisotopic (exact) mass is 251 g/mol. The summed E-state index contributed by atoms with van der Waals surface area (Å²) in [5.41, 5.74) is 6.57. The van der Waals surface area contributed by atoms with Crippen molar-refractivity contribution in [2.45, 2.75) is 26.8 Å². The topological polar surface area (TPSA) is 43.8 Å². The molecule has 18 heavy (non-hydrogen) atoms. The first kappa shape index (κ1) is 12.5. The van der Waals surface area contributed by atoms with Gasteiger partial charge in [-0.2, -0.15) is 0 Å². The largest absolute Gasteiger partial charge is 0.383 e. The first-order valence-electron chi connectivity index (χ1n) is 5.82. The summed E-state index contributed by atoms with van der Waals surface area (Å²) in [6, 6.07) is 3.40. The molecule has 1 aromatic heterocycles. The Morgan fingerprint density at radius 2 is 2.06 bits per heavy atom. The molecule has 0 radical (unpaired) electrons. The molecular weight excluding hydrogens is 236 g/mol. The second kappa shape index (κ2) is 4.76. The highest BCUT2D eigenvalue weighted by Crippen LogP contribution is 2.28. The van der Waals surface area contributed by atoms with E-state index in [1.165, 1.54) is 12.1 Å². The lowest BCUT2D eigenvalue weighted by atomic mass is 10.1. The highest BCUT2D eigenvalue weighted by molar-refractivity contribution is 5.71. The predicted molar refractivity (Wildman–Crippen MR) is 67.0 cm³/mol. The molecule has 0 aliphatic rings. The number of nitrogens with zero attached hydrogens (tertiary/aromatic N) is 2. The third-order valence-corrected chi connectivity index (χ3v) is 2.83. The van der Waals surface area contributed by atoms with Gasteiger partial charge in [0.25, 0.3) is 0 Å². The van der Waals surface area contributed by atoms with Crippen LogP contribution in [0.25, 0.3) is 11.3 Å². The molecule has 0 aliphatic heterocycles. The minimum Gasteiger partial charge on any atom is -0.383 e. The molecule has 96 valence electrons. The Balaban J connectivity index is 2.54. The van der Waals surface area contributed by atoms with Crippen molar-refractivity contribution in [1.29, 1.82) is 0 Å². The van der Waals surface area contributed by atoms with Crippen molar-refractivity contribution in [2.75, 3.05) is 5.73 Å². The first-order chi connectivity index (χ1) is 8.54. The van der Waals surface area contributed by atoms with Crippen LogP contribution in [0, 0.1) is 18.6 Å². The molecule has 3 nitrogen and oxygen atoms in total. The Morgan fingerprint density at radius 3 is 2.67 bits per heavy atom. The van der Waals surface area contributed by atoms with Crippen LogP contribution in [0.2, 0.25) is 0 Å². The van der Waals surface area contributed by atoms with Crippen LogP contribution >= 0.6 is 0 Å². The van der Waals surface area contributed by atoms with Crippen molar-refractivity contribution >= 4 is 5.82 Å². The molecule has 0 bridgehead atoms. The van der Waals surface area contributed by atoms with Crippen LogP contribution in [0.4, 0.5) is 14.6 Å². The molecule has 2 aromatic rings. The molecule has 0 unspecified atom stereocenters. The van der Waals surface area contributed by atoms with Gasteiger partial charge in [0.15, 0.2) is 0 Å². The quantitative estimate of drug-likeness (QED) is 0.910. The molecule has 0 saturated heterocycles. The Morgan fingerprint density at radius 1 is 1.33 bits per heavy atom. The lowest BCUT2D eigenvalue weighted by Crippen LogP contribution is -2.04. The lowest BCUT2D eigenvalue weighted by Gasteiger charge is -2.06. The third kappa shape index (κ3) is 2.08. The second-order valence-corrected chi connectivity index (χ2v) is 4.17. The fourth-order valence-corrected chi connectivity index (χ4v) is 1.97. The number of rotatable bonds is 3. The molecule has 0 saturated carbocycles. The fourth-order valence-electron chi connectivity index (χ4n) is 1.97. The van der Waals surface area contributed by atoms with Crippen LogP contribution in [0.15, 0.2) is 18.2 Å². The highest BCUT2D eigenvalue weighted by atomic mass is 19.1. The Hall–Kier alpha value is -1.91. The summed E-state index contributed by atoms with van der Waals surface area (Å²) in [5, 5.41) is 0. The molecule has 0 amide bonds. The second-order valence-electron chi connectivity index (χ2n) is 4.17. The summed E-state index contributed by atoms with van der Waals surface area (Å²) in [7, 11) is 0. The number of aryl methyl sites for hydroxylation is 1. The van der Waals surface area contributed by atoms with Gasteiger partial charge < -0.3 is 10.3 Å². The fraction of sp³-hybridized carbons (Fsp3) is 0.308. The van der Waals surface area contributed by atoms with E-state index in [-0.39, 0.29) is 5.56 Å². The molecule has 2 rings (SSSR count). The smallest absolute Gasteiger partial charge is 0.135 e. The van der Waals surface area contributed by atoms with Crippen molar-refractivity contribution in [3.8, 4) is 11.3 Å². The zero-order valence-corrected chi connectivity index (χ0v) is 10.4. The maximum atomic E-state index is 13.7. The van der Waals surface area contributed by atoms with Crippen molar-refractivity contribution < 1.29 is 8.78 Å². The van der Waals surface area contributed by atoms with Gasteiger partial charge in [-0.1, -0.05) is 6.92 Å². The van der Waals surface area contributed by atoms with Crippen molar-refractivity contribution in [1.82, 2.24) is 9.55 Å². The van der Waals surface area contributed by atoms with Gasteiger partial charge in [0.05, 0.1) is 0 Å². The number of aromatic nitrogens is 2. The maximum Gasteiger partial charge on any atom is 0.135 e. The van der Waals surface area contributed by atoms with Gasteiger partial charge in [-0.05, 0) is 25.5 Å². The van der Waals surface area contributed by atoms with Gasteiger partial charge in [-0.25, -0.2) is 13.8 Å². The Bertz CT molecular complexity index is 576. The van der Waals surface area contributed by atoms with Crippen molar-refractivity contribution in [2.24, 2.45) is 0 Å². The van der Waals surface area contributed by atoms with Crippen LogP contribution in [0.5, 0.6) is 0 Å². The maximum absolute atomic E-state index is 13.7. The summed E-state index contributed by atoms with van der Waals surface area (Å²) in [6.07, 6.45) is 0.909. The Kier molecular flexibility index (Phi) is 3.32. The van der Waals surface area contributed by atoms with Gasteiger partial charge in [0, 0.05) is 18.2 Å². The van der Waals surface area contributed by atoms with E-state index in [2.05, 4.69) is 4.98 Å². The normalized spacial score (nSPS) is 10.9. The molecule has 0 fully saturated rings. The highest BCUT2D eigenvalue weighted by Gasteiger charge is 2.16. The molecule has 1 aromatic carbocycles. The molecular formula is C13H15F2N3. The van der Waals surface area contributed by atoms with Gasteiger partial charge >= 0.3 is 0 Å². The minimum absolute atomic E-state index is 0.229. The SMILES string of the molecule is CCCn1c(C)nc(-c2ccc(F)cc2F)c1N. The number of nitrogen functional groups attached to an aromatic ring is 1. The van der Waals surface area contributed by atoms with Crippen LogP contribution < -0.4 is 5.73 Å². The van der Waals surface area contributed by atoms with Crippen LogP contribution in [0.1, 0.15) is 19.2 Å². The third-order valence-electron chi connectivity index (χ3n) is 2.83. The number of imidazole rings is 1. The molecule has 2 N–H and O–H groups in total. The number of benzene rings is 1. The number of halogens is 2. The van der Waals surface area contributed by atoms with Gasteiger partial charge in [-0.3, -0.25) is 0 Å². The standard InChI is InChI=1S/C13H15F2N3/c1-3-6-18-8(2)17-12(13(18)16)10-5-4-9(14)7-11(10)15/h4-5,7H,3,6,16H2,1-2H3. The molecule has 0 spiro atoms. The summed E-state index contributed by atoms with van der Waals surface area (Å²) in [4.78, 5) is 4.27. The number of anilines is 1. The summed E-state index contributed by atoms with van der Waals surface area (Å²) >= 11 is 0. The molecule has 0 aliphatic carbocycles. The summed E-state index contributed by atoms with van der Waals surface area (Å²) in [6.45, 7) is 4.57. The molecule has 0 atom stereocenters. The van der Waals surface area contributed by atoms with E-state index in [0.717, 1.165) is 24.9 Å². The average Bonchev–Trinajstić information content (AvgIpc) is 2.58. The zero-order valence-electron chi connectivity index (χ0n) is 10.4. The molecule has 5 heteroatoms. The first-order valence-corrected chi connectivity index (χ1v) is 5.82. The van der Waals surface area contributed by atoms with Gasteiger partial charge in [-0.15, -0.1) is 0 Å². The van der Waals surface area contributed by atoms with E-state index < -0.39 is 11.6 Å². The molecule has 1 heterocycles. The summed E-state index contributed by atoms with van der Waals surface area (Å²) in [5.74, 6) is -0.115. The van der Waals surface area contributed by atoms with E-state index in [9.17, 15) is 8.78 Å². The number of hydrogen-bond acceptors (Lipinski definition) is 2. The van der Waals surface area contributed by atoms with E-state index in [4.69, 9.17) is 5.73 Å². The lowest BCUT2D eigenvalue weighted by molar-refractivity contribution is 0.585. The zero-order chi connectivity index (χ0) is 13.3. The van der Waals surface area contributed by atoms with Crippen LogP contribution in [-0.4, -0.2) is 9.55 Å². The van der Waals surface area contributed by atoms with Crippen LogP contribution in [0.3, 0.4) is 0 Å². The van der Waals surface area contributed by atoms with Crippen molar-refractivity contribution in [3.63, 3.8) is 0 Å². The van der Waals surface area contributed by atoms with Crippen molar-refractivity contribution in [3.05, 3.63) is 35.7 Å². The van der Waals surface area contributed by atoms with E-state index >= 15 is 0 Å². The van der Waals surface area contributed by atoms with E-state index in [1.54, 1.807) is 0 Å². The predicted octanol–water partition coefficient (Wildman–Crippen LogP) is 3.13. The number of nitrogens with two attached hydrogens (primary N) is 1. The van der Waals surface area contributed by atoms with Gasteiger partial charge in [0.2, 0.25) is 0 Å². The average molecular weight is 251 g/mol. The van der Waals surface area contributed by atoms with Gasteiger partial charge in [0.1, 0.15) is 29.0 Å². The van der Waals surface area contributed by atoms with Crippen LogP contribution in [-0.2, 0) is 6.54 Å². The minimum atomic E-state index is -0.650. The van der Waals surface area contributed by atoms with E-state index in [1.807, 2.05) is 18.4 Å². The number of hydrogen-bond donors (Lipinski definition) is 1.